The first-order chi connectivity index (χ1) is 8.72. The molecule has 1 amide bonds. The summed E-state index contributed by atoms with van der Waals surface area (Å²) in [5.41, 5.74) is 10.6. The van der Waals surface area contributed by atoms with Crippen LogP contribution in [0.1, 0.15) is 47.0 Å². The first-order valence-corrected chi connectivity index (χ1v) is 6.73. The van der Waals surface area contributed by atoms with Crippen molar-refractivity contribution in [2.45, 2.75) is 53.0 Å². The molecule has 0 aliphatic heterocycles. The van der Waals surface area contributed by atoms with Crippen LogP contribution < -0.4 is 16.8 Å². The van der Waals surface area contributed by atoms with Gasteiger partial charge in [0.1, 0.15) is 5.84 Å². The number of hydrogen-bond donors (Lipinski definition) is 4. The third-order valence-corrected chi connectivity index (χ3v) is 3.37. The quantitative estimate of drug-likeness (QED) is 0.165. The molecule has 0 bridgehead atoms. The van der Waals surface area contributed by atoms with Crippen molar-refractivity contribution in [1.82, 2.24) is 5.32 Å². The van der Waals surface area contributed by atoms with Crippen molar-refractivity contribution in [1.29, 1.82) is 0 Å². The van der Waals surface area contributed by atoms with Crippen molar-refractivity contribution < 1.29 is 10.0 Å². The summed E-state index contributed by atoms with van der Waals surface area (Å²) >= 11 is 0. The molecule has 19 heavy (non-hydrogen) atoms. The molecule has 0 fully saturated rings. The van der Waals surface area contributed by atoms with E-state index in [4.69, 9.17) is 16.7 Å². The molecule has 0 saturated heterocycles. The fourth-order valence-electron chi connectivity index (χ4n) is 1.88. The van der Waals surface area contributed by atoms with Gasteiger partial charge < -0.3 is 22.0 Å². The third kappa shape index (κ3) is 6.42. The van der Waals surface area contributed by atoms with Gasteiger partial charge in [0.2, 0.25) is 5.91 Å². The fourth-order valence-corrected chi connectivity index (χ4v) is 1.88. The maximum absolute atomic E-state index is 11.2. The van der Waals surface area contributed by atoms with Crippen molar-refractivity contribution in [3.05, 3.63) is 0 Å². The minimum atomic E-state index is -0.313. The standard InChI is InChI=1S/C13H28N4O2/c1-9(2)10(11(14)18)16-8-6-5-7-13(3,4)12(15)17-19/h9-10,16,19H,5-8H2,1-4H3,(H2,14,18)(H2,15,17). The molecule has 0 spiro atoms. The minimum Gasteiger partial charge on any atom is -0.409 e. The SMILES string of the molecule is CC(C)C(NCCCCC(C)(C)C(N)=NO)C(N)=O. The number of oxime groups is 1. The molecule has 1 unspecified atom stereocenters. The van der Waals surface area contributed by atoms with Gasteiger partial charge in [0.25, 0.3) is 0 Å². The van der Waals surface area contributed by atoms with Crippen LogP contribution in [0.4, 0.5) is 0 Å². The number of amides is 1. The van der Waals surface area contributed by atoms with Gasteiger partial charge in [-0.3, -0.25) is 4.79 Å². The summed E-state index contributed by atoms with van der Waals surface area (Å²) in [7, 11) is 0. The molecular weight excluding hydrogens is 244 g/mol. The van der Waals surface area contributed by atoms with E-state index in [1.54, 1.807) is 0 Å². The van der Waals surface area contributed by atoms with Gasteiger partial charge in [-0.2, -0.15) is 0 Å². The van der Waals surface area contributed by atoms with Crippen LogP contribution in [0.5, 0.6) is 0 Å². The van der Waals surface area contributed by atoms with E-state index in [0.717, 1.165) is 25.8 Å². The summed E-state index contributed by atoms with van der Waals surface area (Å²) in [6.07, 6.45) is 2.67. The molecule has 0 aromatic heterocycles. The number of carbonyl (C=O) groups excluding carboxylic acids is 1. The number of nitrogens with two attached hydrogens (primary N) is 2. The van der Waals surface area contributed by atoms with Gasteiger partial charge in [-0.1, -0.05) is 39.3 Å². The second-order valence-corrected chi connectivity index (χ2v) is 5.90. The molecule has 0 heterocycles. The van der Waals surface area contributed by atoms with Crippen LogP contribution in [-0.4, -0.2) is 29.5 Å². The third-order valence-electron chi connectivity index (χ3n) is 3.37. The maximum Gasteiger partial charge on any atom is 0.234 e. The van der Waals surface area contributed by atoms with Gasteiger partial charge in [0, 0.05) is 5.41 Å². The molecule has 6 heteroatoms. The number of unbranched alkanes of at least 4 members (excludes halogenated alkanes) is 1. The Balaban J connectivity index is 3.97. The lowest BCUT2D eigenvalue weighted by molar-refractivity contribution is -0.121. The molecule has 1 atom stereocenters. The number of hydrogen-bond acceptors (Lipinski definition) is 4. The zero-order valence-corrected chi connectivity index (χ0v) is 12.4. The Morgan fingerprint density at radius 3 is 2.32 bits per heavy atom. The maximum atomic E-state index is 11.2. The molecular formula is C13H28N4O2. The molecule has 0 aliphatic carbocycles. The molecule has 6 N–H and O–H groups in total. The van der Waals surface area contributed by atoms with E-state index >= 15 is 0 Å². The van der Waals surface area contributed by atoms with E-state index in [-0.39, 0.29) is 29.1 Å². The highest BCUT2D eigenvalue weighted by Gasteiger charge is 2.23. The number of primary amides is 1. The smallest absolute Gasteiger partial charge is 0.234 e. The van der Waals surface area contributed by atoms with Crippen LogP contribution >= 0.6 is 0 Å². The number of carbonyl (C=O) groups is 1. The van der Waals surface area contributed by atoms with Gasteiger partial charge in [0.05, 0.1) is 6.04 Å². The number of nitrogens with one attached hydrogen (secondary N) is 1. The van der Waals surface area contributed by atoms with Crippen molar-refractivity contribution in [3.63, 3.8) is 0 Å². The number of amidine groups is 1. The van der Waals surface area contributed by atoms with Crippen LogP contribution in [0.25, 0.3) is 0 Å². The second-order valence-electron chi connectivity index (χ2n) is 5.90. The van der Waals surface area contributed by atoms with E-state index in [1.165, 1.54) is 0 Å². The molecule has 0 rings (SSSR count). The zero-order chi connectivity index (χ0) is 15.1. The van der Waals surface area contributed by atoms with E-state index in [1.807, 2.05) is 27.7 Å². The molecule has 0 aliphatic rings. The number of rotatable bonds is 9. The van der Waals surface area contributed by atoms with Gasteiger partial charge in [-0.25, -0.2) is 0 Å². The lowest BCUT2D eigenvalue weighted by Crippen LogP contribution is -2.45. The highest BCUT2D eigenvalue weighted by atomic mass is 16.4. The lowest BCUT2D eigenvalue weighted by Gasteiger charge is -2.23. The van der Waals surface area contributed by atoms with Crippen LogP contribution in [0.15, 0.2) is 5.16 Å². The summed E-state index contributed by atoms with van der Waals surface area (Å²) in [5, 5.41) is 14.9. The average molecular weight is 272 g/mol. The Morgan fingerprint density at radius 2 is 1.89 bits per heavy atom. The lowest BCUT2D eigenvalue weighted by atomic mass is 9.86. The summed E-state index contributed by atoms with van der Waals surface area (Å²) < 4.78 is 0. The Hall–Kier alpha value is -1.30. The summed E-state index contributed by atoms with van der Waals surface area (Å²) in [6.45, 7) is 8.54. The first kappa shape index (κ1) is 17.7. The zero-order valence-electron chi connectivity index (χ0n) is 12.4. The van der Waals surface area contributed by atoms with Crippen molar-refractivity contribution >= 4 is 11.7 Å². The Morgan fingerprint density at radius 1 is 1.32 bits per heavy atom. The predicted molar refractivity (Wildman–Crippen MR) is 76.9 cm³/mol. The van der Waals surface area contributed by atoms with E-state index in [0.29, 0.717) is 0 Å². The van der Waals surface area contributed by atoms with Gasteiger partial charge in [-0.15, -0.1) is 0 Å². The molecule has 0 saturated carbocycles. The monoisotopic (exact) mass is 272 g/mol. The Kier molecular flexibility index (Phi) is 7.44. The van der Waals surface area contributed by atoms with E-state index in [2.05, 4.69) is 10.5 Å². The molecule has 6 nitrogen and oxygen atoms in total. The normalized spacial score (nSPS) is 14.7. The highest BCUT2D eigenvalue weighted by molar-refractivity contribution is 5.85. The highest BCUT2D eigenvalue weighted by Crippen LogP contribution is 2.23. The summed E-state index contributed by atoms with van der Waals surface area (Å²) in [5.74, 6) is 0.121. The van der Waals surface area contributed by atoms with Crippen LogP contribution in [0.3, 0.4) is 0 Å². The minimum absolute atomic E-state index is 0.186. The van der Waals surface area contributed by atoms with Crippen molar-refractivity contribution in [3.8, 4) is 0 Å². The van der Waals surface area contributed by atoms with Gasteiger partial charge in [0.15, 0.2) is 0 Å². The summed E-state index contributed by atoms with van der Waals surface area (Å²) in [6, 6.07) is -0.280. The second kappa shape index (κ2) is 7.99. The Bertz CT molecular complexity index is 314. The topological polar surface area (TPSA) is 114 Å². The van der Waals surface area contributed by atoms with Crippen molar-refractivity contribution in [2.75, 3.05) is 6.54 Å². The van der Waals surface area contributed by atoms with Crippen LogP contribution in [-0.2, 0) is 4.79 Å². The van der Waals surface area contributed by atoms with Crippen LogP contribution in [0.2, 0.25) is 0 Å². The molecule has 0 aromatic rings. The predicted octanol–water partition coefficient (Wildman–Crippen LogP) is 1.03. The average Bonchev–Trinajstić information content (AvgIpc) is 2.31. The van der Waals surface area contributed by atoms with Crippen molar-refractivity contribution in [2.24, 2.45) is 28.0 Å². The van der Waals surface area contributed by atoms with Gasteiger partial charge >= 0.3 is 0 Å². The molecule has 0 aromatic carbocycles. The largest absolute Gasteiger partial charge is 0.409 e. The van der Waals surface area contributed by atoms with Gasteiger partial charge in [-0.05, 0) is 25.3 Å². The first-order valence-electron chi connectivity index (χ1n) is 6.73. The van der Waals surface area contributed by atoms with E-state index in [9.17, 15) is 4.79 Å². The molecule has 112 valence electrons. The van der Waals surface area contributed by atoms with Crippen LogP contribution in [0, 0.1) is 11.3 Å². The Labute approximate surface area is 115 Å². The number of nitrogens with zero attached hydrogens (tertiary/aromatic N) is 1. The van der Waals surface area contributed by atoms with E-state index < -0.39 is 0 Å². The summed E-state index contributed by atoms with van der Waals surface area (Å²) in [4.78, 5) is 11.2. The fraction of sp³-hybridized carbons (Fsp3) is 0.846. The molecule has 0 radical (unpaired) electrons.